The van der Waals surface area contributed by atoms with E-state index in [9.17, 15) is 4.79 Å². The van der Waals surface area contributed by atoms with E-state index in [1.807, 2.05) is 41.3 Å². The maximum absolute atomic E-state index is 12.8. The van der Waals surface area contributed by atoms with Crippen LogP contribution in [-0.2, 0) is 11.3 Å². The van der Waals surface area contributed by atoms with Crippen LogP contribution in [0.5, 0.6) is 5.75 Å². The molecule has 4 rings (SSSR count). The molecule has 2 N–H and O–H groups in total. The number of hydrogen-bond acceptors (Lipinski definition) is 7. The van der Waals surface area contributed by atoms with Gasteiger partial charge in [0, 0.05) is 31.7 Å². The summed E-state index contributed by atoms with van der Waals surface area (Å²) in [5, 5.41) is 6.27. The van der Waals surface area contributed by atoms with E-state index in [0.29, 0.717) is 18.3 Å². The molecule has 0 spiro atoms. The van der Waals surface area contributed by atoms with Gasteiger partial charge in [0.05, 0.1) is 12.8 Å². The number of carbonyl (C=O) groups excluding carboxylic acids is 1. The second-order valence-electron chi connectivity index (χ2n) is 7.00. The van der Waals surface area contributed by atoms with E-state index in [1.165, 1.54) is 0 Å². The summed E-state index contributed by atoms with van der Waals surface area (Å²) in [5.41, 5.74) is 1.78. The predicted octanol–water partition coefficient (Wildman–Crippen LogP) is 2.91. The molecule has 0 unspecified atom stereocenters. The molecule has 1 saturated heterocycles. The lowest BCUT2D eigenvalue weighted by atomic mass is 10.2. The van der Waals surface area contributed by atoms with Crippen molar-refractivity contribution in [3.8, 4) is 5.75 Å². The number of amides is 1. The fourth-order valence-electron chi connectivity index (χ4n) is 3.53. The zero-order valence-electron chi connectivity index (χ0n) is 16.8. The van der Waals surface area contributed by atoms with E-state index in [1.54, 1.807) is 31.8 Å². The molecular formula is C22H24N6O2. The molecule has 1 amide bonds. The highest BCUT2D eigenvalue weighted by molar-refractivity contribution is 5.85. The number of anilines is 3. The second-order valence-corrected chi connectivity index (χ2v) is 7.00. The van der Waals surface area contributed by atoms with E-state index >= 15 is 0 Å². The Balaban J connectivity index is 1.46. The number of rotatable bonds is 7. The first-order valence-electron chi connectivity index (χ1n) is 9.91. The number of nitrogens with one attached hydrogen (secondary N) is 2. The summed E-state index contributed by atoms with van der Waals surface area (Å²) in [6, 6.07) is 12.9. The fraction of sp³-hybridized carbons (Fsp3) is 0.273. The second kappa shape index (κ2) is 9.21. The van der Waals surface area contributed by atoms with Gasteiger partial charge in [0.1, 0.15) is 17.6 Å². The number of methoxy groups -OCH3 is 1. The van der Waals surface area contributed by atoms with Crippen molar-refractivity contribution in [3.05, 3.63) is 66.6 Å². The molecule has 0 radical (unpaired) electrons. The molecule has 0 bridgehead atoms. The van der Waals surface area contributed by atoms with Gasteiger partial charge in [-0.15, -0.1) is 0 Å². The van der Waals surface area contributed by atoms with Crippen LogP contribution in [0.2, 0.25) is 0 Å². The number of nitrogens with zero attached hydrogens (tertiary/aromatic N) is 4. The van der Waals surface area contributed by atoms with Crippen molar-refractivity contribution in [2.24, 2.45) is 0 Å². The van der Waals surface area contributed by atoms with Gasteiger partial charge in [-0.3, -0.25) is 9.78 Å². The Labute approximate surface area is 175 Å². The van der Waals surface area contributed by atoms with Gasteiger partial charge in [-0.05, 0) is 42.7 Å². The third-order valence-corrected chi connectivity index (χ3v) is 5.01. The minimum Gasteiger partial charge on any atom is -0.495 e. The molecule has 1 fully saturated rings. The number of aromatic nitrogens is 3. The van der Waals surface area contributed by atoms with Crippen LogP contribution in [0.15, 0.2) is 61.1 Å². The summed E-state index contributed by atoms with van der Waals surface area (Å²) in [6.45, 7) is 1.19. The lowest BCUT2D eigenvalue weighted by molar-refractivity contribution is -0.122. The van der Waals surface area contributed by atoms with Crippen LogP contribution in [-0.4, -0.2) is 40.6 Å². The minimum absolute atomic E-state index is 0.0250. The first kappa shape index (κ1) is 19.6. The molecule has 1 aliphatic heterocycles. The SMILES string of the molecule is COc1ccccc1Nc1ccnc(N2CCC[C@H]2C(=O)NCc2cccnc2)n1. The van der Waals surface area contributed by atoms with Crippen LogP contribution in [0.4, 0.5) is 17.5 Å². The van der Waals surface area contributed by atoms with Crippen LogP contribution >= 0.6 is 0 Å². The van der Waals surface area contributed by atoms with Gasteiger partial charge in [0.25, 0.3) is 0 Å². The van der Waals surface area contributed by atoms with Crippen LogP contribution in [0.3, 0.4) is 0 Å². The first-order valence-corrected chi connectivity index (χ1v) is 9.91. The van der Waals surface area contributed by atoms with Crippen molar-refractivity contribution in [2.75, 3.05) is 23.9 Å². The van der Waals surface area contributed by atoms with Gasteiger partial charge in [-0.2, -0.15) is 4.98 Å². The Kier molecular flexibility index (Phi) is 6.03. The standard InChI is InChI=1S/C22H24N6O2/c1-30-19-9-3-2-7-17(19)26-20-10-12-24-22(27-20)28-13-5-8-18(28)21(29)25-15-16-6-4-11-23-14-16/h2-4,6-7,9-12,14,18H,5,8,13,15H2,1H3,(H,25,29)(H,24,26,27)/t18-/m0/s1. The van der Waals surface area contributed by atoms with Crippen LogP contribution in [0, 0.1) is 0 Å². The third-order valence-electron chi connectivity index (χ3n) is 5.01. The summed E-state index contributed by atoms with van der Waals surface area (Å²) in [7, 11) is 1.63. The largest absolute Gasteiger partial charge is 0.495 e. The maximum Gasteiger partial charge on any atom is 0.243 e. The molecule has 30 heavy (non-hydrogen) atoms. The van der Waals surface area contributed by atoms with Gasteiger partial charge in [0.15, 0.2) is 0 Å². The number of benzene rings is 1. The molecule has 1 atom stereocenters. The maximum atomic E-state index is 12.8. The van der Waals surface area contributed by atoms with Crippen LogP contribution in [0.25, 0.3) is 0 Å². The monoisotopic (exact) mass is 404 g/mol. The van der Waals surface area contributed by atoms with Crippen LogP contribution in [0.1, 0.15) is 18.4 Å². The topological polar surface area (TPSA) is 92.3 Å². The molecule has 8 nitrogen and oxygen atoms in total. The number of ether oxygens (including phenoxy) is 1. The Morgan fingerprint density at radius 1 is 1.20 bits per heavy atom. The lowest BCUT2D eigenvalue weighted by Crippen LogP contribution is -2.43. The number of carbonyl (C=O) groups is 1. The number of para-hydroxylation sites is 2. The quantitative estimate of drug-likeness (QED) is 0.625. The van der Waals surface area contributed by atoms with E-state index in [2.05, 4.69) is 25.6 Å². The highest BCUT2D eigenvalue weighted by atomic mass is 16.5. The molecule has 154 valence electrons. The summed E-state index contributed by atoms with van der Waals surface area (Å²) >= 11 is 0. The van der Waals surface area contributed by atoms with Gasteiger partial charge in [-0.25, -0.2) is 4.98 Å². The Bertz CT molecular complexity index is 998. The zero-order valence-corrected chi connectivity index (χ0v) is 16.8. The number of pyridine rings is 1. The van der Waals surface area contributed by atoms with E-state index < -0.39 is 0 Å². The van der Waals surface area contributed by atoms with Crippen molar-refractivity contribution in [1.29, 1.82) is 0 Å². The predicted molar refractivity (Wildman–Crippen MR) is 115 cm³/mol. The number of hydrogen-bond donors (Lipinski definition) is 2. The third kappa shape index (κ3) is 4.48. The zero-order chi connectivity index (χ0) is 20.8. The first-order chi connectivity index (χ1) is 14.7. The summed E-state index contributed by atoms with van der Waals surface area (Å²) < 4.78 is 5.39. The molecule has 0 saturated carbocycles. The summed E-state index contributed by atoms with van der Waals surface area (Å²) in [4.78, 5) is 27.9. The van der Waals surface area contributed by atoms with E-state index in [4.69, 9.17) is 4.74 Å². The highest BCUT2D eigenvalue weighted by Gasteiger charge is 2.32. The Morgan fingerprint density at radius 3 is 2.93 bits per heavy atom. The molecule has 8 heteroatoms. The molecule has 3 aromatic rings. The van der Waals surface area contributed by atoms with Gasteiger partial charge >= 0.3 is 0 Å². The van der Waals surface area contributed by atoms with Crippen LogP contribution < -0.4 is 20.3 Å². The van der Waals surface area contributed by atoms with Crippen molar-refractivity contribution in [1.82, 2.24) is 20.3 Å². The Morgan fingerprint density at radius 2 is 2.10 bits per heavy atom. The van der Waals surface area contributed by atoms with E-state index in [-0.39, 0.29) is 11.9 Å². The molecule has 1 aliphatic rings. The Hall–Kier alpha value is -3.68. The average molecular weight is 404 g/mol. The summed E-state index contributed by atoms with van der Waals surface area (Å²) in [6.07, 6.45) is 6.85. The van der Waals surface area contributed by atoms with Crippen molar-refractivity contribution in [3.63, 3.8) is 0 Å². The van der Waals surface area contributed by atoms with Gasteiger partial charge in [0.2, 0.25) is 11.9 Å². The summed E-state index contributed by atoms with van der Waals surface area (Å²) in [5.74, 6) is 1.88. The normalized spacial score (nSPS) is 15.6. The molecule has 1 aromatic carbocycles. The van der Waals surface area contributed by atoms with Gasteiger partial charge < -0.3 is 20.3 Å². The minimum atomic E-state index is -0.289. The van der Waals surface area contributed by atoms with E-state index in [0.717, 1.165) is 36.4 Å². The van der Waals surface area contributed by atoms with Gasteiger partial charge in [-0.1, -0.05) is 18.2 Å². The molecule has 2 aromatic heterocycles. The fourth-order valence-corrected chi connectivity index (χ4v) is 3.53. The molecular weight excluding hydrogens is 380 g/mol. The van der Waals surface area contributed by atoms with Crippen molar-refractivity contribution >= 4 is 23.4 Å². The average Bonchev–Trinajstić information content (AvgIpc) is 3.29. The smallest absolute Gasteiger partial charge is 0.243 e. The van der Waals surface area contributed by atoms with Crippen molar-refractivity contribution in [2.45, 2.75) is 25.4 Å². The molecule has 0 aliphatic carbocycles. The molecule has 3 heterocycles. The van der Waals surface area contributed by atoms with Crippen molar-refractivity contribution < 1.29 is 9.53 Å². The highest BCUT2D eigenvalue weighted by Crippen LogP contribution is 2.28. The lowest BCUT2D eigenvalue weighted by Gasteiger charge is -2.24.